The number of nitrogens with one attached hydrogen (secondary N) is 1. The van der Waals surface area contributed by atoms with Crippen LogP contribution >= 0.6 is 0 Å². The molecule has 2 aromatic heterocycles. The number of aromatic nitrogens is 3. The van der Waals surface area contributed by atoms with E-state index in [4.69, 9.17) is 4.98 Å². The summed E-state index contributed by atoms with van der Waals surface area (Å²) in [7, 11) is 0. The molecule has 1 N–H and O–H groups in total. The predicted molar refractivity (Wildman–Crippen MR) is 84.9 cm³/mol. The molecule has 3 aromatic rings. The molecule has 0 atom stereocenters. The molecule has 0 spiro atoms. The molecule has 0 bridgehead atoms. The van der Waals surface area contributed by atoms with Crippen LogP contribution in [0.5, 0.6) is 0 Å². The van der Waals surface area contributed by atoms with E-state index in [2.05, 4.69) is 40.0 Å². The van der Waals surface area contributed by atoms with Crippen LogP contribution in [0.25, 0.3) is 11.0 Å². The highest BCUT2D eigenvalue weighted by Crippen LogP contribution is 2.15. The molecule has 2 heterocycles. The van der Waals surface area contributed by atoms with Crippen LogP contribution in [-0.2, 0) is 19.6 Å². The highest BCUT2D eigenvalue weighted by Gasteiger charge is 2.08. The fourth-order valence-electron chi connectivity index (χ4n) is 2.61. The minimum Gasteiger partial charge on any atom is -0.327 e. The van der Waals surface area contributed by atoms with E-state index < -0.39 is 0 Å². The standard InChI is InChI=1S/C17H20N4/c1-3-21-16-10-5-4-9-15(16)20-17(21)12-18-11-14-8-6-7-13(2)19-14/h4-10,18H,3,11-12H2,1-2H3. The van der Waals surface area contributed by atoms with Gasteiger partial charge >= 0.3 is 0 Å². The molecule has 0 saturated carbocycles. The first kappa shape index (κ1) is 13.8. The minimum atomic E-state index is 0.748. The second-order valence-electron chi connectivity index (χ2n) is 5.13. The predicted octanol–water partition coefficient (Wildman–Crippen LogP) is 3.05. The molecule has 0 saturated heterocycles. The van der Waals surface area contributed by atoms with Crippen molar-refractivity contribution in [1.29, 1.82) is 0 Å². The lowest BCUT2D eigenvalue weighted by molar-refractivity contribution is 0.614. The lowest BCUT2D eigenvalue weighted by Crippen LogP contribution is -2.17. The van der Waals surface area contributed by atoms with Gasteiger partial charge in [-0.1, -0.05) is 18.2 Å². The van der Waals surface area contributed by atoms with Crippen LogP contribution in [0.3, 0.4) is 0 Å². The number of aryl methyl sites for hydroxylation is 2. The summed E-state index contributed by atoms with van der Waals surface area (Å²) < 4.78 is 2.26. The quantitative estimate of drug-likeness (QED) is 0.781. The van der Waals surface area contributed by atoms with Crippen molar-refractivity contribution in [3.05, 3.63) is 59.7 Å². The molecule has 0 aliphatic carbocycles. The molecular weight excluding hydrogens is 260 g/mol. The smallest absolute Gasteiger partial charge is 0.123 e. The number of imidazole rings is 1. The average molecular weight is 280 g/mol. The first-order valence-electron chi connectivity index (χ1n) is 7.35. The Kier molecular flexibility index (Phi) is 3.97. The van der Waals surface area contributed by atoms with Gasteiger partial charge < -0.3 is 9.88 Å². The van der Waals surface area contributed by atoms with Crippen molar-refractivity contribution in [3.8, 4) is 0 Å². The van der Waals surface area contributed by atoms with E-state index in [1.54, 1.807) is 0 Å². The van der Waals surface area contributed by atoms with Gasteiger partial charge in [-0.3, -0.25) is 4.98 Å². The van der Waals surface area contributed by atoms with Gasteiger partial charge in [-0.15, -0.1) is 0 Å². The van der Waals surface area contributed by atoms with Gasteiger partial charge in [-0.05, 0) is 38.1 Å². The first-order chi connectivity index (χ1) is 10.3. The maximum Gasteiger partial charge on any atom is 0.123 e. The zero-order valence-electron chi connectivity index (χ0n) is 12.5. The van der Waals surface area contributed by atoms with Crippen LogP contribution in [0.1, 0.15) is 24.1 Å². The van der Waals surface area contributed by atoms with Crippen LogP contribution in [0, 0.1) is 6.92 Å². The number of benzene rings is 1. The maximum absolute atomic E-state index is 4.71. The molecule has 4 heteroatoms. The SMILES string of the molecule is CCn1c(CNCc2cccc(C)n2)nc2ccccc21. The lowest BCUT2D eigenvalue weighted by atomic mass is 10.3. The molecular formula is C17H20N4. The van der Waals surface area contributed by atoms with Gasteiger partial charge in [0.05, 0.1) is 23.3 Å². The monoisotopic (exact) mass is 280 g/mol. The van der Waals surface area contributed by atoms with Gasteiger partial charge in [-0.2, -0.15) is 0 Å². The molecule has 108 valence electrons. The van der Waals surface area contributed by atoms with Crippen molar-refractivity contribution in [2.24, 2.45) is 0 Å². The zero-order chi connectivity index (χ0) is 14.7. The second-order valence-corrected chi connectivity index (χ2v) is 5.13. The van der Waals surface area contributed by atoms with Crippen molar-refractivity contribution in [2.45, 2.75) is 33.5 Å². The van der Waals surface area contributed by atoms with E-state index in [0.29, 0.717) is 0 Å². The van der Waals surface area contributed by atoms with Crippen molar-refractivity contribution in [2.75, 3.05) is 0 Å². The van der Waals surface area contributed by atoms with E-state index in [-0.39, 0.29) is 0 Å². The number of nitrogens with zero attached hydrogens (tertiary/aromatic N) is 3. The Morgan fingerprint density at radius 3 is 2.67 bits per heavy atom. The van der Waals surface area contributed by atoms with Crippen molar-refractivity contribution >= 4 is 11.0 Å². The summed E-state index contributed by atoms with van der Waals surface area (Å²) in [4.78, 5) is 9.21. The largest absolute Gasteiger partial charge is 0.327 e. The topological polar surface area (TPSA) is 42.7 Å². The Morgan fingerprint density at radius 2 is 1.86 bits per heavy atom. The number of hydrogen-bond acceptors (Lipinski definition) is 3. The van der Waals surface area contributed by atoms with E-state index in [0.717, 1.165) is 42.4 Å². The fourth-order valence-corrected chi connectivity index (χ4v) is 2.61. The summed E-state index contributed by atoms with van der Waals surface area (Å²) in [6.45, 7) is 6.60. The van der Waals surface area contributed by atoms with Gasteiger partial charge in [0.1, 0.15) is 5.82 Å². The van der Waals surface area contributed by atoms with E-state index >= 15 is 0 Å². The average Bonchev–Trinajstić information content (AvgIpc) is 2.84. The lowest BCUT2D eigenvalue weighted by Gasteiger charge is -2.07. The molecule has 21 heavy (non-hydrogen) atoms. The van der Waals surface area contributed by atoms with Crippen molar-refractivity contribution < 1.29 is 0 Å². The van der Waals surface area contributed by atoms with Gasteiger partial charge in [0.15, 0.2) is 0 Å². The Labute approximate surface area is 124 Å². The molecule has 0 amide bonds. The summed E-state index contributed by atoms with van der Waals surface area (Å²) in [5.41, 5.74) is 4.37. The van der Waals surface area contributed by atoms with E-state index in [1.807, 2.05) is 31.2 Å². The van der Waals surface area contributed by atoms with Crippen LogP contribution in [-0.4, -0.2) is 14.5 Å². The molecule has 1 aromatic carbocycles. The summed E-state index contributed by atoms with van der Waals surface area (Å²) in [6, 6.07) is 14.4. The molecule has 0 radical (unpaired) electrons. The third-order valence-electron chi connectivity index (χ3n) is 3.59. The number of para-hydroxylation sites is 2. The van der Waals surface area contributed by atoms with E-state index in [1.165, 1.54) is 5.52 Å². The fraction of sp³-hybridized carbons (Fsp3) is 0.294. The summed E-state index contributed by atoms with van der Waals surface area (Å²) in [6.07, 6.45) is 0. The summed E-state index contributed by atoms with van der Waals surface area (Å²) >= 11 is 0. The normalized spacial score (nSPS) is 11.1. The van der Waals surface area contributed by atoms with Crippen LogP contribution in [0.4, 0.5) is 0 Å². The minimum absolute atomic E-state index is 0.748. The van der Waals surface area contributed by atoms with E-state index in [9.17, 15) is 0 Å². The molecule has 0 aliphatic heterocycles. The van der Waals surface area contributed by atoms with Crippen molar-refractivity contribution in [3.63, 3.8) is 0 Å². The third kappa shape index (κ3) is 2.95. The molecule has 0 fully saturated rings. The second kappa shape index (κ2) is 6.06. The Balaban J connectivity index is 1.73. The Hall–Kier alpha value is -2.20. The first-order valence-corrected chi connectivity index (χ1v) is 7.35. The van der Waals surface area contributed by atoms with Gasteiger partial charge in [0.25, 0.3) is 0 Å². The highest BCUT2D eigenvalue weighted by atomic mass is 15.1. The van der Waals surface area contributed by atoms with Crippen LogP contribution < -0.4 is 5.32 Å². The van der Waals surface area contributed by atoms with Gasteiger partial charge in [-0.25, -0.2) is 4.98 Å². The summed E-state index contributed by atoms with van der Waals surface area (Å²) in [5, 5.41) is 3.44. The van der Waals surface area contributed by atoms with Crippen molar-refractivity contribution in [1.82, 2.24) is 19.9 Å². The third-order valence-corrected chi connectivity index (χ3v) is 3.59. The van der Waals surface area contributed by atoms with Crippen LogP contribution in [0.15, 0.2) is 42.5 Å². The summed E-state index contributed by atoms with van der Waals surface area (Å²) in [5.74, 6) is 1.08. The number of pyridine rings is 1. The number of fused-ring (bicyclic) bond motifs is 1. The molecule has 0 aliphatic rings. The number of hydrogen-bond donors (Lipinski definition) is 1. The maximum atomic E-state index is 4.71. The van der Waals surface area contributed by atoms with Gasteiger partial charge in [0, 0.05) is 18.8 Å². The van der Waals surface area contributed by atoms with Gasteiger partial charge in [0.2, 0.25) is 0 Å². The molecule has 0 unspecified atom stereocenters. The molecule has 3 rings (SSSR count). The Bertz CT molecular complexity index is 745. The Morgan fingerprint density at radius 1 is 1.00 bits per heavy atom. The number of rotatable bonds is 5. The zero-order valence-corrected chi connectivity index (χ0v) is 12.5. The highest BCUT2D eigenvalue weighted by molar-refractivity contribution is 5.75. The molecule has 4 nitrogen and oxygen atoms in total. The van der Waals surface area contributed by atoms with Crippen LogP contribution in [0.2, 0.25) is 0 Å².